The molecule has 0 bridgehead atoms. The summed E-state index contributed by atoms with van der Waals surface area (Å²) in [6, 6.07) is 15.4. The first-order chi connectivity index (χ1) is 11.4. The van der Waals surface area contributed by atoms with E-state index in [0.29, 0.717) is 6.04 Å². The van der Waals surface area contributed by atoms with E-state index in [1.54, 1.807) is 0 Å². The van der Waals surface area contributed by atoms with Crippen molar-refractivity contribution in [3.8, 4) is 0 Å². The SMILES string of the molecule is c1ccc(CN2CCNC(Cc3c[nH]c4ncccc34)C2)cc1. The van der Waals surface area contributed by atoms with E-state index in [4.69, 9.17) is 0 Å². The van der Waals surface area contributed by atoms with Crippen LogP contribution in [-0.2, 0) is 13.0 Å². The molecule has 23 heavy (non-hydrogen) atoms. The van der Waals surface area contributed by atoms with Crippen molar-refractivity contribution < 1.29 is 0 Å². The molecule has 2 N–H and O–H groups in total. The van der Waals surface area contributed by atoms with Crippen molar-refractivity contribution >= 4 is 11.0 Å². The summed E-state index contributed by atoms with van der Waals surface area (Å²) in [6.45, 7) is 4.29. The highest BCUT2D eigenvalue weighted by Gasteiger charge is 2.20. The number of hydrogen-bond donors (Lipinski definition) is 2. The van der Waals surface area contributed by atoms with Gasteiger partial charge in [0.2, 0.25) is 0 Å². The predicted octanol–water partition coefficient (Wildman–Crippen LogP) is 2.58. The van der Waals surface area contributed by atoms with Gasteiger partial charge in [0.05, 0.1) is 0 Å². The molecule has 1 atom stereocenters. The van der Waals surface area contributed by atoms with E-state index in [2.05, 4.69) is 62.8 Å². The number of benzene rings is 1. The van der Waals surface area contributed by atoms with Crippen molar-refractivity contribution in [2.75, 3.05) is 19.6 Å². The van der Waals surface area contributed by atoms with Crippen LogP contribution in [0.15, 0.2) is 54.9 Å². The molecule has 1 unspecified atom stereocenters. The monoisotopic (exact) mass is 306 g/mol. The van der Waals surface area contributed by atoms with Gasteiger partial charge >= 0.3 is 0 Å². The third kappa shape index (κ3) is 3.28. The third-order valence-electron chi connectivity index (χ3n) is 4.59. The van der Waals surface area contributed by atoms with Gasteiger partial charge in [0.1, 0.15) is 5.65 Å². The summed E-state index contributed by atoms with van der Waals surface area (Å²) in [4.78, 5) is 10.2. The molecule has 4 nitrogen and oxygen atoms in total. The molecule has 1 aromatic carbocycles. The zero-order chi connectivity index (χ0) is 15.5. The van der Waals surface area contributed by atoms with E-state index >= 15 is 0 Å². The smallest absolute Gasteiger partial charge is 0.137 e. The second kappa shape index (κ2) is 6.52. The number of rotatable bonds is 4. The number of hydrogen-bond acceptors (Lipinski definition) is 3. The molecule has 1 saturated heterocycles. The Bertz CT molecular complexity index is 765. The van der Waals surface area contributed by atoms with Crippen molar-refractivity contribution in [2.45, 2.75) is 19.0 Å². The molecule has 0 radical (unpaired) electrons. The van der Waals surface area contributed by atoms with Crippen molar-refractivity contribution in [1.29, 1.82) is 0 Å². The van der Waals surface area contributed by atoms with E-state index in [9.17, 15) is 0 Å². The van der Waals surface area contributed by atoms with Crippen molar-refractivity contribution in [2.24, 2.45) is 0 Å². The average Bonchev–Trinajstić information content (AvgIpc) is 2.99. The molecule has 2 aromatic heterocycles. The summed E-state index contributed by atoms with van der Waals surface area (Å²) in [5.74, 6) is 0. The molecule has 0 saturated carbocycles. The summed E-state index contributed by atoms with van der Waals surface area (Å²) in [7, 11) is 0. The van der Waals surface area contributed by atoms with Gasteiger partial charge in [-0.1, -0.05) is 30.3 Å². The van der Waals surface area contributed by atoms with Crippen LogP contribution in [0.25, 0.3) is 11.0 Å². The van der Waals surface area contributed by atoms with Crippen molar-refractivity contribution in [1.82, 2.24) is 20.2 Å². The maximum Gasteiger partial charge on any atom is 0.137 e. The first-order valence-corrected chi connectivity index (χ1v) is 8.29. The van der Waals surface area contributed by atoms with Gasteiger partial charge in [-0.3, -0.25) is 4.90 Å². The maximum absolute atomic E-state index is 4.38. The number of aromatic amines is 1. The summed E-state index contributed by atoms with van der Waals surface area (Å²) in [5.41, 5.74) is 3.73. The number of H-pyrrole nitrogens is 1. The number of pyridine rings is 1. The summed E-state index contributed by atoms with van der Waals surface area (Å²) in [5, 5.41) is 4.91. The lowest BCUT2D eigenvalue weighted by Gasteiger charge is -2.33. The lowest BCUT2D eigenvalue weighted by Crippen LogP contribution is -2.51. The van der Waals surface area contributed by atoms with Gasteiger partial charge in [-0.05, 0) is 29.7 Å². The van der Waals surface area contributed by atoms with Crippen LogP contribution >= 0.6 is 0 Å². The Morgan fingerprint density at radius 3 is 2.96 bits per heavy atom. The first kappa shape index (κ1) is 14.4. The molecular weight excluding hydrogens is 284 g/mol. The topological polar surface area (TPSA) is 44.0 Å². The third-order valence-corrected chi connectivity index (χ3v) is 4.59. The van der Waals surface area contributed by atoms with Gasteiger partial charge < -0.3 is 10.3 Å². The molecule has 4 heteroatoms. The number of nitrogens with zero attached hydrogens (tertiary/aromatic N) is 2. The van der Waals surface area contributed by atoms with Gasteiger partial charge in [-0.25, -0.2) is 4.98 Å². The van der Waals surface area contributed by atoms with Gasteiger partial charge in [-0.15, -0.1) is 0 Å². The fourth-order valence-electron chi connectivity index (χ4n) is 3.46. The number of aromatic nitrogens is 2. The number of nitrogens with one attached hydrogen (secondary N) is 2. The van der Waals surface area contributed by atoms with Crippen LogP contribution < -0.4 is 5.32 Å². The Labute approximate surface area is 136 Å². The number of piperazine rings is 1. The molecule has 1 fully saturated rings. The van der Waals surface area contributed by atoms with Gasteiger partial charge in [0.25, 0.3) is 0 Å². The van der Waals surface area contributed by atoms with Crippen molar-refractivity contribution in [3.05, 3.63) is 66.0 Å². The molecule has 3 heterocycles. The molecule has 1 aliphatic heterocycles. The van der Waals surface area contributed by atoms with Crippen LogP contribution in [-0.4, -0.2) is 40.5 Å². The largest absolute Gasteiger partial charge is 0.346 e. The standard InChI is InChI=1S/C19H22N4/c1-2-5-15(6-3-1)13-23-10-9-20-17(14-23)11-16-12-22-19-18(16)7-4-8-21-19/h1-8,12,17,20H,9-11,13-14H2,(H,21,22). The van der Waals surface area contributed by atoms with E-state index in [-0.39, 0.29) is 0 Å². The lowest BCUT2D eigenvalue weighted by molar-refractivity contribution is 0.192. The van der Waals surface area contributed by atoms with Gasteiger partial charge in [0.15, 0.2) is 0 Å². The molecule has 0 aliphatic carbocycles. The highest BCUT2D eigenvalue weighted by Crippen LogP contribution is 2.18. The molecular formula is C19H22N4. The summed E-state index contributed by atoms with van der Waals surface area (Å²) < 4.78 is 0. The Balaban J connectivity index is 1.43. The minimum absolute atomic E-state index is 0.492. The predicted molar refractivity (Wildman–Crippen MR) is 93.3 cm³/mol. The highest BCUT2D eigenvalue weighted by atomic mass is 15.2. The van der Waals surface area contributed by atoms with Crippen molar-refractivity contribution in [3.63, 3.8) is 0 Å². The van der Waals surface area contributed by atoms with Crippen LogP contribution in [0.2, 0.25) is 0 Å². The molecule has 3 aromatic rings. The van der Waals surface area contributed by atoms with E-state index in [1.807, 2.05) is 12.3 Å². The molecule has 118 valence electrons. The summed E-state index contributed by atoms with van der Waals surface area (Å²) >= 11 is 0. The second-order valence-corrected chi connectivity index (χ2v) is 6.29. The molecule has 1 aliphatic rings. The fourth-order valence-corrected chi connectivity index (χ4v) is 3.46. The number of fused-ring (bicyclic) bond motifs is 1. The van der Waals surface area contributed by atoms with E-state index < -0.39 is 0 Å². The van der Waals surface area contributed by atoms with Crippen LogP contribution in [0, 0.1) is 0 Å². The van der Waals surface area contributed by atoms with Crippen LogP contribution in [0.3, 0.4) is 0 Å². The maximum atomic E-state index is 4.38. The normalized spacial score (nSPS) is 19.2. The summed E-state index contributed by atoms with van der Waals surface area (Å²) in [6.07, 6.45) is 4.98. The van der Waals surface area contributed by atoms with Gasteiger partial charge in [0, 0.05) is 50.0 Å². The molecule has 0 spiro atoms. The Hall–Kier alpha value is -2.17. The van der Waals surface area contributed by atoms with E-state index in [0.717, 1.165) is 38.2 Å². The highest BCUT2D eigenvalue weighted by molar-refractivity contribution is 5.79. The lowest BCUT2D eigenvalue weighted by atomic mass is 10.0. The van der Waals surface area contributed by atoms with Crippen LogP contribution in [0.1, 0.15) is 11.1 Å². The second-order valence-electron chi connectivity index (χ2n) is 6.29. The zero-order valence-electron chi connectivity index (χ0n) is 13.2. The minimum atomic E-state index is 0.492. The fraction of sp³-hybridized carbons (Fsp3) is 0.316. The first-order valence-electron chi connectivity index (χ1n) is 8.29. The average molecular weight is 306 g/mol. The minimum Gasteiger partial charge on any atom is -0.346 e. The Morgan fingerprint density at radius 2 is 2.04 bits per heavy atom. The van der Waals surface area contributed by atoms with Gasteiger partial charge in [-0.2, -0.15) is 0 Å². The molecule has 4 rings (SSSR count). The quantitative estimate of drug-likeness (QED) is 0.778. The van der Waals surface area contributed by atoms with Crippen LogP contribution in [0.4, 0.5) is 0 Å². The molecule has 0 amide bonds. The van der Waals surface area contributed by atoms with E-state index in [1.165, 1.54) is 16.5 Å². The zero-order valence-corrected chi connectivity index (χ0v) is 13.2. The Morgan fingerprint density at radius 1 is 1.13 bits per heavy atom. The van der Waals surface area contributed by atoms with Crippen LogP contribution in [0.5, 0.6) is 0 Å². The Kier molecular flexibility index (Phi) is 4.09.